The van der Waals surface area contributed by atoms with E-state index < -0.39 is 0 Å². The van der Waals surface area contributed by atoms with Gasteiger partial charge in [-0.1, -0.05) is 6.07 Å². The molecule has 0 aromatic heterocycles. The van der Waals surface area contributed by atoms with Gasteiger partial charge < -0.3 is 24.6 Å². The van der Waals surface area contributed by atoms with Gasteiger partial charge in [-0.2, -0.15) is 0 Å². The van der Waals surface area contributed by atoms with Gasteiger partial charge in [-0.25, -0.2) is 4.79 Å². The third-order valence-electron chi connectivity index (χ3n) is 3.83. The molecule has 0 fully saturated rings. The summed E-state index contributed by atoms with van der Waals surface area (Å²) >= 11 is 0. The van der Waals surface area contributed by atoms with Crippen LogP contribution >= 0.6 is 0 Å². The first-order chi connectivity index (χ1) is 12.5. The maximum atomic E-state index is 12.2. The zero-order valence-corrected chi connectivity index (χ0v) is 15.9. The molecule has 2 aromatic rings. The molecule has 0 bridgehead atoms. The van der Waals surface area contributed by atoms with Crippen LogP contribution in [0.15, 0.2) is 48.5 Å². The molecule has 6 nitrogen and oxygen atoms in total. The van der Waals surface area contributed by atoms with Crippen molar-refractivity contribution in [1.29, 1.82) is 0 Å². The zero-order valence-electron chi connectivity index (χ0n) is 15.9. The van der Waals surface area contributed by atoms with E-state index in [0.717, 1.165) is 24.4 Å². The van der Waals surface area contributed by atoms with Crippen molar-refractivity contribution >= 4 is 11.7 Å². The molecule has 0 heterocycles. The van der Waals surface area contributed by atoms with Gasteiger partial charge in [0.25, 0.3) is 0 Å². The second-order valence-corrected chi connectivity index (χ2v) is 6.31. The van der Waals surface area contributed by atoms with Crippen LogP contribution in [0.4, 0.5) is 10.5 Å². The first kappa shape index (κ1) is 19.6. The molecule has 0 aliphatic rings. The molecule has 0 saturated heterocycles. The molecule has 0 spiro atoms. The van der Waals surface area contributed by atoms with Gasteiger partial charge in [0.1, 0.15) is 17.2 Å². The van der Waals surface area contributed by atoms with E-state index in [0.29, 0.717) is 18.0 Å². The van der Waals surface area contributed by atoms with E-state index in [1.54, 1.807) is 19.1 Å². The van der Waals surface area contributed by atoms with E-state index in [2.05, 4.69) is 10.2 Å². The number of methoxy groups -OCH3 is 1. The molecule has 6 heteroatoms. The van der Waals surface area contributed by atoms with Crippen molar-refractivity contribution in [2.75, 3.05) is 46.7 Å². The molecule has 140 valence electrons. The highest BCUT2D eigenvalue weighted by Gasteiger charge is 2.09. The fraction of sp³-hybridized carbons (Fsp3) is 0.350. The number of hydrogen-bond acceptors (Lipinski definition) is 4. The molecular formula is C20H27N3O3. The van der Waals surface area contributed by atoms with E-state index in [4.69, 9.17) is 9.47 Å². The Labute approximate surface area is 155 Å². The number of rotatable bonds is 8. The monoisotopic (exact) mass is 357 g/mol. The molecule has 1 N–H and O–H groups in total. The molecule has 26 heavy (non-hydrogen) atoms. The number of carbonyl (C=O) groups is 1. The maximum absolute atomic E-state index is 12.2. The Morgan fingerprint density at radius 3 is 2.31 bits per heavy atom. The lowest BCUT2D eigenvalue weighted by molar-refractivity contribution is 0.220. The Balaban J connectivity index is 1.87. The average molecular weight is 357 g/mol. The van der Waals surface area contributed by atoms with E-state index in [1.165, 1.54) is 0 Å². The summed E-state index contributed by atoms with van der Waals surface area (Å²) in [4.78, 5) is 16.0. The van der Waals surface area contributed by atoms with Crippen molar-refractivity contribution in [2.45, 2.75) is 6.42 Å². The summed E-state index contributed by atoms with van der Waals surface area (Å²) in [5, 5.41) is 2.89. The fourth-order valence-electron chi connectivity index (χ4n) is 2.35. The van der Waals surface area contributed by atoms with Gasteiger partial charge in [-0.05, 0) is 63.5 Å². The number of carbonyl (C=O) groups excluding carboxylic acids is 1. The molecule has 0 radical (unpaired) electrons. The smallest absolute Gasteiger partial charge is 0.321 e. The van der Waals surface area contributed by atoms with E-state index >= 15 is 0 Å². The topological polar surface area (TPSA) is 54.0 Å². The van der Waals surface area contributed by atoms with Crippen molar-refractivity contribution < 1.29 is 14.3 Å². The lowest BCUT2D eigenvalue weighted by Gasteiger charge is -2.19. The highest BCUT2D eigenvalue weighted by Crippen LogP contribution is 2.26. The molecular weight excluding hydrogens is 330 g/mol. The van der Waals surface area contributed by atoms with Crippen molar-refractivity contribution in [1.82, 2.24) is 9.80 Å². The minimum Gasteiger partial charge on any atom is -0.497 e. The summed E-state index contributed by atoms with van der Waals surface area (Å²) in [6.45, 7) is 1.66. The van der Waals surface area contributed by atoms with Crippen molar-refractivity contribution in [2.24, 2.45) is 0 Å². The third-order valence-corrected chi connectivity index (χ3v) is 3.83. The molecule has 0 atom stereocenters. The number of hydrogen-bond donors (Lipinski definition) is 1. The molecule has 0 aliphatic carbocycles. The lowest BCUT2D eigenvalue weighted by atomic mass is 10.3. The minimum absolute atomic E-state index is 0.120. The third kappa shape index (κ3) is 6.29. The van der Waals surface area contributed by atoms with E-state index in [1.807, 2.05) is 62.6 Å². The number of anilines is 1. The zero-order chi connectivity index (χ0) is 18.9. The average Bonchev–Trinajstić information content (AvgIpc) is 2.63. The van der Waals surface area contributed by atoms with Crippen molar-refractivity contribution in [3.05, 3.63) is 48.5 Å². The number of nitrogens with zero attached hydrogens (tertiary/aromatic N) is 2. The normalized spacial score (nSPS) is 10.5. The molecule has 0 unspecified atom stereocenters. The Hall–Kier alpha value is -2.73. The van der Waals surface area contributed by atoms with Gasteiger partial charge in [0.05, 0.1) is 7.11 Å². The summed E-state index contributed by atoms with van der Waals surface area (Å²) in [6, 6.07) is 14.6. The largest absolute Gasteiger partial charge is 0.497 e. The molecule has 0 aliphatic heterocycles. The van der Waals surface area contributed by atoms with Crippen LogP contribution in [0.3, 0.4) is 0 Å². The summed E-state index contributed by atoms with van der Waals surface area (Å²) in [6.07, 6.45) is 0.935. The van der Waals surface area contributed by atoms with Crippen LogP contribution in [0.1, 0.15) is 6.42 Å². The number of ether oxygens (including phenoxy) is 2. The standard InChI is InChI=1S/C20H27N3O3/c1-22(2)13-6-14-23(3)20(24)21-16-9-11-17(12-10-16)26-19-8-5-7-18(15-19)25-4/h5,7-12,15H,6,13-14H2,1-4H3,(H,21,24). The van der Waals surface area contributed by atoms with Gasteiger partial charge >= 0.3 is 6.03 Å². The number of amides is 2. The first-order valence-corrected chi connectivity index (χ1v) is 8.57. The van der Waals surface area contributed by atoms with Crippen LogP contribution in [-0.4, -0.2) is 57.2 Å². The number of urea groups is 1. The van der Waals surface area contributed by atoms with Gasteiger partial charge in [-0.15, -0.1) is 0 Å². The van der Waals surface area contributed by atoms with Gasteiger partial charge in [0.15, 0.2) is 0 Å². The second-order valence-electron chi connectivity index (χ2n) is 6.31. The van der Waals surface area contributed by atoms with Gasteiger partial charge in [0, 0.05) is 25.3 Å². The van der Waals surface area contributed by atoms with Crippen LogP contribution in [0.5, 0.6) is 17.2 Å². The van der Waals surface area contributed by atoms with Crippen LogP contribution in [0.25, 0.3) is 0 Å². The van der Waals surface area contributed by atoms with Crippen molar-refractivity contribution in [3.63, 3.8) is 0 Å². The highest BCUT2D eigenvalue weighted by atomic mass is 16.5. The summed E-state index contributed by atoms with van der Waals surface area (Å²) in [5.41, 5.74) is 0.729. The minimum atomic E-state index is -0.120. The summed E-state index contributed by atoms with van der Waals surface area (Å²) in [5.74, 6) is 2.13. The predicted molar refractivity (Wildman–Crippen MR) is 104 cm³/mol. The Bertz CT molecular complexity index is 702. The summed E-state index contributed by atoms with van der Waals surface area (Å²) in [7, 11) is 7.46. The quantitative estimate of drug-likeness (QED) is 0.778. The maximum Gasteiger partial charge on any atom is 0.321 e. The van der Waals surface area contributed by atoms with Crippen molar-refractivity contribution in [3.8, 4) is 17.2 Å². The predicted octanol–water partition coefficient (Wildman–Crippen LogP) is 3.90. The molecule has 2 aromatic carbocycles. The number of benzene rings is 2. The van der Waals surface area contributed by atoms with Gasteiger partial charge in [0.2, 0.25) is 0 Å². The van der Waals surface area contributed by atoms with Crippen LogP contribution in [0.2, 0.25) is 0 Å². The molecule has 0 saturated carbocycles. The van der Waals surface area contributed by atoms with Crippen LogP contribution < -0.4 is 14.8 Å². The van der Waals surface area contributed by atoms with E-state index in [9.17, 15) is 4.79 Å². The molecule has 2 amide bonds. The summed E-state index contributed by atoms with van der Waals surface area (Å²) < 4.78 is 11.0. The highest BCUT2D eigenvalue weighted by molar-refractivity contribution is 5.89. The van der Waals surface area contributed by atoms with Gasteiger partial charge in [-0.3, -0.25) is 0 Å². The van der Waals surface area contributed by atoms with Crippen LogP contribution in [0, 0.1) is 0 Å². The number of nitrogens with one attached hydrogen (secondary N) is 1. The first-order valence-electron chi connectivity index (χ1n) is 8.57. The Morgan fingerprint density at radius 2 is 1.65 bits per heavy atom. The Kier molecular flexibility index (Phi) is 7.29. The lowest BCUT2D eigenvalue weighted by Crippen LogP contribution is -2.33. The van der Waals surface area contributed by atoms with E-state index in [-0.39, 0.29) is 6.03 Å². The second kappa shape index (κ2) is 9.68. The van der Waals surface area contributed by atoms with Crippen LogP contribution in [-0.2, 0) is 0 Å². The SMILES string of the molecule is COc1cccc(Oc2ccc(NC(=O)N(C)CCCN(C)C)cc2)c1. The Morgan fingerprint density at radius 1 is 0.962 bits per heavy atom. The fourth-order valence-corrected chi connectivity index (χ4v) is 2.35. The molecule has 2 rings (SSSR count).